The molecule has 2 fully saturated rings. The van der Waals surface area contributed by atoms with Gasteiger partial charge in [-0.15, -0.1) is 0 Å². The van der Waals surface area contributed by atoms with Gasteiger partial charge < -0.3 is 9.73 Å². The fraction of sp³-hybridized carbons (Fsp3) is 0.529. The lowest BCUT2D eigenvalue weighted by molar-refractivity contribution is 0.0901. The fourth-order valence-electron chi connectivity index (χ4n) is 3.43. The molecule has 1 aliphatic carbocycles. The zero-order chi connectivity index (χ0) is 15.6. The van der Waals surface area contributed by atoms with Gasteiger partial charge in [0.05, 0.1) is 6.26 Å². The van der Waals surface area contributed by atoms with Gasteiger partial charge in [0.1, 0.15) is 5.69 Å². The van der Waals surface area contributed by atoms with E-state index in [0.29, 0.717) is 24.0 Å². The van der Waals surface area contributed by atoms with Crippen molar-refractivity contribution in [3.05, 3.63) is 30.2 Å². The summed E-state index contributed by atoms with van der Waals surface area (Å²) in [5.74, 6) is 0.559. The van der Waals surface area contributed by atoms with Gasteiger partial charge in [0.15, 0.2) is 11.5 Å². The van der Waals surface area contributed by atoms with Gasteiger partial charge in [-0.05, 0) is 44.4 Å². The molecule has 0 aromatic carbocycles. The number of H-pyrrole nitrogens is 1. The van der Waals surface area contributed by atoms with Crippen LogP contribution in [-0.4, -0.2) is 46.2 Å². The van der Waals surface area contributed by atoms with Gasteiger partial charge in [0, 0.05) is 24.7 Å². The van der Waals surface area contributed by atoms with Crippen molar-refractivity contribution in [1.29, 1.82) is 0 Å². The molecule has 2 aromatic heterocycles. The Morgan fingerprint density at radius 3 is 3.09 bits per heavy atom. The van der Waals surface area contributed by atoms with Gasteiger partial charge in [-0.3, -0.25) is 14.8 Å². The second-order valence-corrected chi connectivity index (χ2v) is 6.47. The Hall–Kier alpha value is -2.08. The van der Waals surface area contributed by atoms with E-state index in [9.17, 15) is 4.79 Å². The third kappa shape index (κ3) is 3.17. The first-order valence-electron chi connectivity index (χ1n) is 8.44. The zero-order valence-corrected chi connectivity index (χ0v) is 13.1. The number of nitrogens with zero attached hydrogens (tertiary/aromatic N) is 2. The first-order chi connectivity index (χ1) is 11.3. The van der Waals surface area contributed by atoms with E-state index in [-0.39, 0.29) is 5.91 Å². The summed E-state index contributed by atoms with van der Waals surface area (Å²) in [7, 11) is 0. The maximum absolute atomic E-state index is 12.3. The number of hydrogen-bond acceptors (Lipinski definition) is 4. The molecule has 0 radical (unpaired) electrons. The minimum Gasteiger partial charge on any atom is -0.463 e. The van der Waals surface area contributed by atoms with Gasteiger partial charge in [-0.1, -0.05) is 6.42 Å². The molecule has 1 saturated heterocycles. The van der Waals surface area contributed by atoms with Crippen LogP contribution in [0.4, 0.5) is 0 Å². The van der Waals surface area contributed by atoms with Crippen molar-refractivity contribution in [3.63, 3.8) is 0 Å². The zero-order valence-electron chi connectivity index (χ0n) is 13.1. The van der Waals surface area contributed by atoms with E-state index in [1.165, 1.54) is 38.6 Å². The SMILES string of the molecule is O=C(NCC1CCCCN1C1CC1)c1cc(-c2ccco2)[nH]n1. The number of aromatic amines is 1. The minimum atomic E-state index is -0.125. The highest BCUT2D eigenvalue weighted by molar-refractivity contribution is 5.93. The van der Waals surface area contributed by atoms with Crippen LogP contribution < -0.4 is 5.32 Å². The molecule has 6 heteroatoms. The summed E-state index contributed by atoms with van der Waals surface area (Å²) in [5, 5.41) is 9.99. The number of amides is 1. The smallest absolute Gasteiger partial charge is 0.271 e. The molecule has 2 N–H and O–H groups in total. The van der Waals surface area contributed by atoms with E-state index in [0.717, 1.165) is 11.7 Å². The molecule has 1 atom stereocenters. The Bertz CT molecular complexity index is 660. The van der Waals surface area contributed by atoms with Crippen LogP contribution in [0.3, 0.4) is 0 Å². The average molecular weight is 314 g/mol. The number of hydrogen-bond donors (Lipinski definition) is 2. The molecule has 1 saturated carbocycles. The lowest BCUT2D eigenvalue weighted by Gasteiger charge is -2.35. The lowest BCUT2D eigenvalue weighted by atomic mass is 10.0. The van der Waals surface area contributed by atoms with Crippen LogP contribution in [0.25, 0.3) is 11.5 Å². The summed E-state index contributed by atoms with van der Waals surface area (Å²) in [4.78, 5) is 14.9. The second kappa shape index (κ2) is 6.20. The van der Waals surface area contributed by atoms with E-state index in [1.807, 2.05) is 12.1 Å². The maximum atomic E-state index is 12.3. The number of likely N-dealkylation sites (tertiary alicyclic amines) is 1. The van der Waals surface area contributed by atoms with Gasteiger partial charge in [-0.2, -0.15) is 5.10 Å². The number of rotatable bonds is 5. The van der Waals surface area contributed by atoms with Crippen molar-refractivity contribution in [2.75, 3.05) is 13.1 Å². The summed E-state index contributed by atoms with van der Waals surface area (Å²) in [6.07, 6.45) is 7.95. The largest absolute Gasteiger partial charge is 0.463 e. The molecule has 2 aliphatic rings. The lowest BCUT2D eigenvalue weighted by Crippen LogP contribution is -2.47. The number of carbonyl (C=O) groups excluding carboxylic acids is 1. The molecule has 1 amide bonds. The number of carbonyl (C=O) groups is 1. The van der Waals surface area contributed by atoms with Crippen molar-refractivity contribution >= 4 is 5.91 Å². The first kappa shape index (κ1) is 14.5. The highest BCUT2D eigenvalue weighted by atomic mass is 16.3. The molecule has 0 bridgehead atoms. The van der Waals surface area contributed by atoms with E-state index in [1.54, 1.807) is 12.3 Å². The molecular weight excluding hydrogens is 292 g/mol. The monoisotopic (exact) mass is 314 g/mol. The highest BCUT2D eigenvalue weighted by Crippen LogP contribution is 2.32. The van der Waals surface area contributed by atoms with E-state index < -0.39 is 0 Å². The van der Waals surface area contributed by atoms with E-state index in [4.69, 9.17) is 4.42 Å². The Morgan fingerprint density at radius 2 is 2.30 bits per heavy atom. The van der Waals surface area contributed by atoms with Gasteiger partial charge in [0.2, 0.25) is 0 Å². The van der Waals surface area contributed by atoms with Gasteiger partial charge in [-0.25, -0.2) is 0 Å². The summed E-state index contributed by atoms with van der Waals surface area (Å²) >= 11 is 0. The number of aromatic nitrogens is 2. The van der Waals surface area contributed by atoms with Crippen LogP contribution in [0, 0.1) is 0 Å². The molecule has 4 rings (SSSR count). The predicted octanol–water partition coefficient (Wildman–Crippen LogP) is 2.42. The molecule has 0 spiro atoms. The minimum absolute atomic E-state index is 0.125. The molecular formula is C17H22N4O2. The third-order valence-corrected chi connectivity index (χ3v) is 4.78. The van der Waals surface area contributed by atoms with Crippen molar-refractivity contribution < 1.29 is 9.21 Å². The Kier molecular flexibility index (Phi) is 3.91. The Balaban J connectivity index is 1.36. The summed E-state index contributed by atoms with van der Waals surface area (Å²) in [6, 6.07) is 6.61. The Labute approximate surface area is 135 Å². The maximum Gasteiger partial charge on any atom is 0.271 e. The summed E-state index contributed by atoms with van der Waals surface area (Å²) < 4.78 is 5.31. The molecule has 122 valence electrons. The fourth-order valence-corrected chi connectivity index (χ4v) is 3.43. The topological polar surface area (TPSA) is 74.2 Å². The molecule has 1 aliphatic heterocycles. The number of piperidine rings is 1. The van der Waals surface area contributed by atoms with Crippen LogP contribution in [0.1, 0.15) is 42.6 Å². The first-order valence-corrected chi connectivity index (χ1v) is 8.44. The summed E-state index contributed by atoms with van der Waals surface area (Å²) in [6.45, 7) is 1.88. The highest BCUT2D eigenvalue weighted by Gasteiger charge is 2.35. The van der Waals surface area contributed by atoms with Crippen molar-refractivity contribution in [3.8, 4) is 11.5 Å². The quantitative estimate of drug-likeness (QED) is 0.889. The number of nitrogens with one attached hydrogen (secondary N) is 2. The predicted molar refractivity (Wildman–Crippen MR) is 86.0 cm³/mol. The van der Waals surface area contributed by atoms with Gasteiger partial charge in [0.25, 0.3) is 5.91 Å². The summed E-state index contributed by atoms with van der Waals surface area (Å²) in [5.41, 5.74) is 1.13. The van der Waals surface area contributed by atoms with Crippen LogP contribution in [0.2, 0.25) is 0 Å². The third-order valence-electron chi connectivity index (χ3n) is 4.78. The van der Waals surface area contributed by atoms with Crippen LogP contribution in [0.5, 0.6) is 0 Å². The van der Waals surface area contributed by atoms with Crippen molar-refractivity contribution in [2.45, 2.75) is 44.2 Å². The van der Waals surface area contributed by atoms with E-state index in [2.05, 4.69) is 20.4 Å². The average Bonchev–Trinajstić information content (AvgIpc) is 3.08. The molecule has 2 aromatic rings. The normalized spacial score (nSPS) is 22.2. The van der Waals surface area contributed by atoms with Crippen molar-refractivity contribution in [1.82, 2.24) is 20.4 Å². The van der Waals surface area contributed by atoms with Crippen molar-refractivity contribution in [2.24, 2.45) is 0 Å². The second-order valence-electron chi connectivity index (χ2n) is 6.47. The van der Waals surface area contributed by atoms with Crippen LogP contribution in [0.15, 0.2) is 28.9 Å². The molecule has 3 heterocycles. The number of furan rings is 1. The van der Waals surface area contributed by atoms with Crippen LogP contribution >= 0.6 is 0 Å². The molecule has 1 unspecified atom stereocenters. The standard InChI is InChI=1S/C17H22N4O2/c22-17(15-10-14(19-20-15)16-5-3-9-23-16)18-11-13-4-1-2-8-21(13)12-6-7-12/h3,5,9-10,12-13H,1-2,4,6-8,11H2,(H,18,22)(H,19,20). The van der Waals surface area contributed by atoms with Crippen LogP contribution in [-0.2, 0) is 0 Å². The Morgan fingerprint density at radius 1 is 1.39 bits per heavy atom. The van der Waals surface area contributed by atoms with E-state index >= 15 is 0 Å². The molecule has 23 heavy (non-hydrogen) atoms. The van der Waals surface area contributed by atoms with Gasteiger partial charge >= 0.3 is 0 Å². The molecule has 6 nitrogen and oxygen atoms in total.